The van der Waals surface area contributed by atoms with Gasteiger partial charge < -0.3 is 15.4 Å². The van der Waals surface area contributed by atoms with E-state index in [1.165, 1.54) is 0 Å². The van der Waals surface area contributed by atoms with E-state index in [1.807, 2.05) is 24.3 Å². The van der Waals surface area contributed by atoms with Crippen molar-refractivity contribution in [2.75, 3.05) is 20.3 Å². The standard InChI is InChI=1S/C14H19ClN2O2/c1-17(10-11-4-2-3-5-12(11)15)13(18)14(16)6-8-19-9-7-14/h2-5H,6-10,16H2,1H3. The number of hydrogen-bond donors (Lipinski definition) is 1. The molecule has 0 spiro atoms. The molecule has 0 aliphatic carbocycles. The van der Waals surface area contributed by atoms with Crippen LogP contribution in [-0.2, 0) is 16.1 Å². The summed E-state index contributed by atoms with van der Waals surface area (Å²) in [7, 11) is 1.76. The fraction of sp³-hybridized carbons (Fsp3) is 0.500. The first-order valence-corrected chi connectivity index (χ1v) is 6.76. The Bertz CT molecular complexity index is 459. The van der Waals surface area contributed by atoms with E-state index in [4.69, 9.17) is 22.1 Å². The summed E-state index contributed by atoms with van der Waals surface area (Å²) in [6, 6.07) is 7.52. The van der Waals surface area contributed by atoms with E-state index in [2.05, 4.69) is 0 Å². The molecule has 19 heavy (non-hydrogen) atoms. The number of hydrogen-bond acceptors (Lipinski definition) is 3. The molecule has 0 aromatic heterocycles. The van der Waals surface area contributed by atoms with Gasteiger partial charge in [0, 0.05) is 31.8 Å². The van der Waals surface area contributed by atoms with Gasteiger partial charge >= 0.3 is 0 Å². The van der Waals surface area contributed by atoms with E-state index in [1.54, 1.807) is 11.9 Å². The molecule has 1 aromatic carbocycles. The van der Waals surface area contributed by atoms with Crippen LogP contribution in [0, 0.1) is 0 Å². The van der Waals surface area contributed by atoms with Crippen LogP contribution in [0.15, 0.2) is 24.3 Å². The van der Waals surface area contributed by atoms with Gasteiger partial charge in [-0.2, -0.15) is 0 Å². The van der Waals surface area contributed by atoms with Crippen LogP contribution < -0.4 is 5.73 Å². The first-order chi connectivity index (χ1) is 9.03. The number of ether oxygens (including phenoxy) is 1. The number of carbonyl (C=O) groups excluding carboxylic acids is 1. The fourth-order valence-corrected chi connectivity index (χ4v) is 2.48. The highest BCUT2D eigenvalue weighted by atomic mass is 35.5. The van der Waals surface area contributed by atoms with Crippen molar-refractivity contribution in [3.8, 4) is 0 Å². The molecular weight excluding hydrogens is 264 g/mol. The third-order valence-electron chi connectivity index (χ3n) is 3.52. The largest absolute Gasteiger partial charge is 0.381 e. The van der Waals surface area contributed by atoms with Crippen LogP contribution in [0.25, 0.3) is 0 Å². The minimum atomic E-state index is -0.797. The van der Waals surface area contributed by atoms with E-state index in [0.29, 0.717) is 37.6 Å². The molecule has 0 unspecified atom stereocenters. The maximum absolute atomic E-state index is 12.4. The topological polar surface area (TPSA) is 55.6 Å². The molecule has 5 heteroatoms. The lowest BCUT2D eigenvalue weighted by Gasteiger charge is -2.35. The summed E-state index contributed by atoms with van der Waals surface area (Å²) in [6.45, 7) is 1.56. The Hall–Kier alpha value is -1.10. The van der Waals surface area contributed by atoms with E-state index in [-0.39, 0.29) is 5.91 Å². The molecule has 1 amide bonds. The molecule has 1 fully saturated rings. The van der Waals surface area contributed by atoms with Crippen molar-refractivity contribution in [3.63, 3.8) is 0 Å². The summed E-state index contributed by atoms with van der Waals surface area (Å²) in [4.78, 5) is 14.1. The van der Waals surface area contributed by atoms with Crippen molar-refractivity contribution in [1.29, 1.82) is 0 Å². The lowest BCUT2D eigenvalue weighted by atomic mass is 9.89. The Morgan fingerprint density at radius 2 is 2.05 bits per heavy atom. The molecule has 0 bridgehead atoms. The summed E-state index contributed by atoms with van der Waals surface area (Å²) in [5.41, 5.74) is 6.32. The summed E-state index contributed by atoms with van der Waals surface area (Å²) < 4.78 is 5.26. The van der Waals surface area contributed by atoms with Crippen LogP contribution in [-0.4, -0.2) is 36.6 Å². The quantitative estimate of drug-likeness (QED) is 0.920. The van der Waals surface area contributed by atoms with Crippen molar-refractivity contribution in [1.82, 2.24) is 4.90 Å². The lowest BCUT2D eigenvalue weighted by Crippen LogP contribution is -2.57. The van der Waals surface area contributed by atoms with Gasteiger partial charge in [0.05, 0.1) is 5.54 Å². The van der Waals surface area contributed by atoms with Gasteiger partial charge in [-0.05, 0) is 24.5 Å². The molecule has 1 aromatic rings. The van der Waals surface area contributed by atoms with Crippen molar-refractivity contribution in [2.24, 2.45) is 5.73 Å². The van der Waals surface area contributed by atoms with Gasteiger partial charge in [0.25, 0.3) is 0 Å². The van der Waals surface area contributed by atoms with Crippen molar-refractivity contribution in [2.45, 2.75) is 24.9 Å². The molecule has 104 valence electrons. The van der Waals surface area contributed by atoms with Crippen LogP contribution in [0.1, 0.15) is 18.4 Å². The van der Waals surface area contributed by atoms with Gasteiger partial charge in [-0.3, -0.25) is 4.79 Å². The molecule has 0 atom stereocenters. The van der Waals surface area contributed by atoms with Gasteiger partial charge in [-0.1, -0.05) is 29.8 Å². The fourth-order valence-electron chi connectivity index (χ4n) is 2.28. The van der Waals surface area contributed by atoms with Gasteiger partial charge in [-0.15, -0.1) is 0 Å². The smallest absolute Gasteiger partial charge is 0.242 e. The Balaban J connectivity index is 2.05. The number of nitrogens with zero attached hydrogens (tertiary/aromatic N) is 1. The molecule has 2 N–H and O–H groups in total. The first-order valence-electron chi connectivity index (χ1n) is 6.38. The zero-order valence-corrected chi connectivity index (χ0v) is 11.8. The monoisotopic (exact) mass is 282 g/mol. The number of benzene rings is 1. The zero-order chi connectivity index (χ0) is 13.9. The van der Waals surface area contributed by atoms with Crippen LogP contribution in [0.5, 0.6) is 0 Å². The van der Waals surface area contributed by atoms with Crippen LogP contribution in [0.2, 0.25) is 5.02 Å². The third-order valence-corrected chi connectivity index (χ3v) is 3.89. The molecule has 0 radical (unpaired) electrons. The van der Waals surface area contributed by atoms with Crippen LogP contribution >= 0.6 is 11.6 Å². The normalized spacial score (nSPS) is 18.1. The molecule has 1 aliphatic heterocycles. The number of rotatable bonds is 3. The van der Waals surface area contributed by atoms with Gasteiger partial charge in [0.15, 0.2) is 0 Å². The molecule has 2 rings (SSSR count). The lowest BCUT2D eigenvalue weighted by molar-refractivity contribution is -0.139. The number of amides is 1. The summed E-state index contributed by atoms with van der Waals surface area (Å²) in [5.74, 6) is -0.0456. The van der Waals surface area contributed by atoms with E-state index in [0.717, 1.165) is 5.56 Å². The van der Waals surface area contributed by atoms with Gasteiger partial charge in [-0.25, -0.2) is 0 Å². The van der Waals surface area contributed by atoms with Crippen LogP contribution in [0.3, 0.4) is 0 Å². The molecule has 1 aliphatic rings. The van der Waals surface area contributed by atoms with E-state index >= 15 is 0 Å². The Morgan fingerprint density at radius 1 is 1.42 bits per heavy atom. The Kier molecular flexibility index (Phi) is 4.45. The second-order valence-electron chi connectivity index (χ2n) is 5.02. The van der Waals surface area contributed by atoms with Crippen LogP contribution in [0.4, 0.5) is 0 Å². The average Bonchev–Trinajstić information content (AvgIpc) is 2.41. The second kappa shape index (κ2) is 5.90. The molecule has 1 saturated heterocycles. The molecule has 4 nitrogen and oxygen atoms in total. The SMILES string of the molecule is CN(Cc1ccccc1Cl)C(=O)C1(N)CCOCC1. The number of carbonyl (C=O) groups is 1. The Morgan fingerprint density at radius 3 is 2.68 bits per heavy atom. The Labute approximate surface area is 118 Å². The molecule has 1 heterocycles. The minimum Gasteiger partial charge on any atom is -0.381 e. The third kappa shape index (κ3) is 3.26. The molecule has 0 saturated carbocycles. The highest BCUT2D eigenvalue weighted by molar-refractivity contribution is 6.31. The summed E-state index contributed by atoms with van der Waals surface area (Å²) in [6.07, 6.45) is 1.14. The maximum Gasteiger partial charge on any atom is 0.242 e. The predicted molar refractivity (Wildman–Crippen MR) is 74.9 cm³/mol. The molecular formula is C14H19ClN2O2. The highest BCUT2D eigenvalue weighted by Gasteiger charge is 2.37. The first kappa shape index (κ1) is 14.3. The maximum atomic E-state index is 12.4. The van der Waals surface area contributed by atoms with Crippen molar-refractivity contribution in [3.05, 3.63) is 34.9 Å². The van der Waals surface area contributed by atoms with Crippen molar-refractivity contribution < 1.29 is 9.53 Å². The second-order valence-corrected chi connectivity index (χ2v) is 5.43. The number of halogens is 1. The van der Waals surface area contributed by atoms with Crippen molar-refractivity contribution >= 4 is 17.5 Å². The highest BCUT2D eigenvalue weighted by Crippen LogP contribution is 2.22. The van der Waals surface area contributed by atoms with Gasteiger partial charge in [0.1, 0.15) is 0 Å². The average molecular weight is 283 g/mol. The summed E-state index contributed by atoms with van der Waals surface area (Å²) >= 11 is 6.10. The minimum absolute atomic E-state index is 0.0456. The van der Waals surface area contributed by atoms with E-state index in [9.17, 15) is 4.79 Å². The number of nitrogens with two attached hydrogens (primary N) is 1. The predicted octanol–water partition coefficient (Wildman–Crippen LogP) is 1.81. The van der Waals surface area contributed by atoms with E-state index < -0.39 is 5.54 Å². The zero-order valence-electron chi connectivity index (χ0n) is 11.1. The van der Waals surface area contributed by atoms with Gasteiger partial charge in [0.2, 0.25) is 5.91 Å². The number of likely N-dealkylation sites (N-methyl/N-ethyl adjacent to an activating group) is 1. The summed E-state index contributed by atoms with van der Waals surface area (Å²) in [5, 5.41) is 0.667.